The van der Waals surface area contributed by atoms with Crippen molar-refractivity contribution in [1.29, 1.82) is 0 Å². The van der Waals surface area contributed by atoms with E-state index in [0.717, 1.165) is 16.3 Å². The second kappa shape index (κ2) is 5.66. The first-order valence-corrected chi connectivity index (χ1v) is 7.73. The SMILES string of the molecule is Nc1cnccc1SCC1CCCc2ccccc21. The third kappa shape index (κ3) is 2.76. The molecule has 0 bridgehead atoms. The molecular formula is C16H18N2S. The van der Waals surface area contributed by atoms with Gasteiger partial charge in [-0.2, -0.15) is 0 Å². The lowest BCUT2D eigenvalue weighted by atomic mass is 9.84. The maximum atomic E-state index is 5.95. The summed E-state index contributed by atoms with van der Waals surface area (Å²) in [6, 6.07) is 10.9. The van der Waals surface area contributed by atoms with Crippen LogP contribution in [-0.2, 0) is 6.42 Å². The molecule has 0 saturated carbocycles. The molecule has 0 spiro atoms. The number of aromatic nitrogens is 1. The van der Waals surface area contributed by atoms with E-state index in [-0.39, 0.29) is 0 Å². The van der Waals surface area contributed by atoms with Gasteiger partial charge in [0.25, 0.3) is 0 Å². The van der Waals surface area contributed by atoms with Gasteiger partial charge < -0.3 is 5.73 Å². The van der Waals surface area contributed by atoms with Crippen LogP contribution in [0.3, 0.4) is 0 Å². The fraction of sp³-hybridized carbons (Fsp3) is 0.312. The number of aryl methyl sites for hydroxylation is 1. The lowest BCUT2D eigenvalue weighted by molar-refractivity contribution is 0.596. The van der Waals surface area contributed by atoms with Crippen molar-refractivity contribution in [2.75, 3.05) is 11.5 Å². The summed E-state index contributed by atoms with van der Waals surface area (Å²) in [4.78, 5) is 5.19. The number of pyridine rings is 1. The fourth-order valence-corrected chi connectivity index (χ4v) is 3.85. The average Bonchev–Trinajstić information content (AvgIpc) is 2.46. The minimum Gasteiger partial charge on any atom is -0.397 e. The second-order valence-corrected chi connectivity index (χ2v) is 6.07. The van der Waals surface area contributed by atoms with Gasteiger partial charge in [0.1, 0.15) is 0 Å². The van der Waals surface area contributed by atoms with E-state index in [4.69, 9.17) is 5.73 Å². The van der Waals surface area contributed by atoms with Crippen molar-refractivity contribution >= 4 is 17.4 Å². The zero-order valence-electron chi connectivity index (χ0n) is 10.9. The molecule has 1 aliphatic carbocycles. The number of benzene rings is 1. The van der Waals surface area contributed by atoms with E-state index in [2.05, 4.69) is 29.2 Å². The maximum Gasteiger partial charge on any atom is 0.0638 e. The van der Waals surface area contributed by atoms with E-state index < -0.39 is 0 Å². The molecule has 2 nitrogen and oxygen atoms in total. The zero-order chi connectivity index (χ0) is 13.1. The monoisotopic (exact) mass is 270 g/mol. The van der Waals surface area contributed by atoms with Gasteiger partial charge in [-0.1, -0.05) is 24.3 Å². The molecule has 0 amide bonds. The van der Waals surface area contributed by atoms with Gasteiger partial charge >= 0.3 is 0 Å². The van der Waals surface area contributed by atoms with E-state index in [1.54, 1.807) is 6.20 Å². The van der Waals surface area contributed by atoms with Gasteiger partial charge in [0.15, 0.2) is 0 Å². The minimum atomic E-state index is 0.655. The Labute approximate surface area is 118 Å². The highest BCUT2D eigenvalue weighted by Gasteiger charge is 2.19. The van der Waals surface area contributed by atoms with Crippen molar-refractivity contribution in [3.63, 3.8) is 0 Å². The quantitative estimate of drug-likeness (QED) is 0.860. The molecule has 0 fully saturated rings. The number of anilines is 1. The Morgan fingerprint density at radius 3 is 3.05 bits per heavy atom. The summed E-state index contributed by atoms with van der Waals surface area (Å²) in [7, 11) is 0. The van der Waals surface area contributed by atoms with Gasteiger partial charge in [-0.05, 0) is 42.4 Å². The summed E-state index contributed by atoms with van der Waals surface area (Å²) in [5, 5.41) is 0. The van der Waals surface area contributed by atoms with E-state index in [9.17, 15) is 0 Å². The Morgan fingerprint density at radius 2 is 2.16 bits per heavy atom. The average molecular weight is 270 g/mol. The highest BCUT2D eigenvalue weighted by Crippen LogP contribution is 2.36. The Bertz CT molecular complexity index is 568. The van der Waals surface area contributed by atoms with Crippen molar-refractivity contribution in [2.24, 2.45) is 0 Å². The lowest BCUT2D eigenvalue weighted by Gasteiger charge is -2.25. The van der Waals surface area contributed by atoms with Crippen molar-refractivity contribution in [2.45, 2.75) is 30.1 Å². The molecule has 3 heteroatoms. The van der Waals surface area contributed by atoms with Crippen LogP contribution in [0, 0.1) is 0 Å². The fourth-order valence-electron chi connectivity index (χ4n) is 2.74. The first kappa shape index (κ1) is 12.5. The van der Waals surface area contributed by atoms with Crippen molar-refractivity contribution in [3.8, 4) is 0 Å². The van der Waals surface area contributed by atoms with Gasteiger partial charge in [-0.25, -0.2) is 0 Å². The van der Waals surface area contributed by atoms with Crippen LogP contribution >= 0.6 is 11.8 Å². The molecule has 1 aromatic carbocycles. The highest BCUT2D eigenvalue weighted by molar-refractivity contribution is 7.99. The van der Waals surface area contributed by atoms with Crippen LogP contribution in [0.5, 0.6) is 0 Å². The molecular weight excluding hydrogens is 252 g/mol. The summed E-state index contributed by atoms with van der Waals surface area (Å²) < 4.78 is 0. The standard InChI is InChI=1S/C16H18N2S/c17-15-10-18-9-8-16(15)19-11-13-6-3-5-12-4-1-2-7-14(12)13/h1-2,4,7-10,13H,3,5-6,11,17H2. The molecule has 1 aromatic heterocycles. The van der Waals surface area contributed by atoms with Crippen LogP contribution in [0.4, 0.5) is 5.69 Å². The number of fused-ring (bicyclic) bond motifs is 1. The van der Waals surface area contributed by atoms with Crippen molar-refractivity contribution < 1.29 is 0 Å². The molecule has 0 aliphatic heterocycles. The van der Waals surface area contributed by atoms with Gasteiger partial charge in [0.2, 0.25) is 0 Å². The number of hydrogen-bond acceptors (Lipinski definition) is 3. The molecule has 3 rings (SSSR count). The maximum absolute atomic E-state index is 5.95. The number of nitrogens with two attached hydrogens (primary N) is 1. The predicted molar refractivity (Wildman–Crippen MR) is 81.5 cm³/mol. The Hall–Kier alpha value is -1.48. The summed E-state index contributed by atoms with van der Waals surface area (Å²) in [6.07, 6.45) is 7.36. The molecule has 19 heavy (non-hydrogen) atoms. The van der Waals surface area contributed by atoms with Gasteiger partial charge in [0, 0.05) is 16.8 Å². The molecule has 1 heterocycles. The smallest absolute Gasteiger partial charge is 0.0638 e. The third-order valence-corrected chi connectivity index (χ3v) is 5.00. The summed E-state index contributed by atoms with van der Waals surface area (Å²) >= 11 is 1.85. The summed E-state index contributed by atoms with van der Waals surface area (Å²) in [6.45, 7) is 0. The molecule has 1 aliphatic rings. The number of nitrogens with zero attached hydrogens (tertiary/aromatic N) is 1. The number of nitrogen functional groups attached to an aromatic ring is 1. The second-order valence-electron chi connectivity index (χ2n) is 5.01. The molecule has 1 atom stereocenters. The van der Waals surface area contributed by atoms with Gasteiger partial charge in [-0.15, -0.1) is 11.8 Å². The number of hydrogen-bond donors (Lipinski definition) is 1. The zero-order valence-corrected chi connectivity index (χ0v) is 11.7. The molecule has 0 radical (unpaired) electrons. The van der Waals surface area contributed by atoms with E-state index in [1.165, 1.54) is 30.4 Å². The lowest BCUT2D eigenvalue weighted by Crippen LogP contribution is -2.11. The van der Waals surface area contributed by atoms with Crippen molar-refractivity contribution in [3.05, 3.63) is 53.9 Å². The topological polar surface area (TPSA) is 38.9 Å². The Balaban J connectivity index is 1.73. The molecule has 0 saturated heterocycles. The molecule has 2 N–H and O–H groups in total. The number of thioether (sulfide) groups is 1. The minimum absolute atomic E-state index is 0.655. The van der Waals surface area contributed by atoms with Gasteiger partial charge in [-0.3, -0.25) is 4.98 Å². The highest BCUT2D eigenvalue weighted by atomic mass is 32.2. The Kier molecular flexibility index (Phi) is 3.74. The summed E-state index contributed by atoms with van der Waals surface area (Å²) in [5.74, 6) is 1.76. The van der Waals surface area contributed by atoms with Crippen LogP contribution in [0.1, 0.15) is 29.9 Å². The first-order chi connectivity index (χ1) is 9.34. The Morgan fingerprint density at radius 1 is 1.26 bits per heavy atom. The largest absolute Gasteiger partial charge is 0.397 e. The molecule has 98 valence electrons. The van der Waals surface area contributed by atoms with Crippen LogP contribution < -0.4 is 5.73 Å². The van der Waals surface area contributed by atoms with Crippen LogP contribution in [0.25, 0.3) is 0 Å². The van der Waals surface area contributed by atoms with Crippen LogP contribution in [-0.4, -0.2) is 10.7 Å². The normalized spacial score (nSPS) is 18.0. The molecule has 1 unspecified atom stereocenters. The van der Waals surface area contributed by atoms with Crippen LogP contribution in [0.2, 0.25) is 0 Å². The third-order valence-electron chi connectivity index (χ3n) is 3.74. The molecule has 2 aromatic rings. The van der Waals surface area contributed by atoms with Gasteiger partial charge in [0.05, 0.1) is 11.9 Å². The van der Waals surface area contributed by atoms with Crippen molar-refractivity contribution in [1.82, 2.24) is 4.98 Å². The van der Waals surface area contributed by atoms with E-state index in [1.807, 2.05) is 24.0 Å². The van der Waals surface area contributed by atoms with Crippen LogP contribution in [0.15, 0.2) is 47.6 Å². The first-order valence-electron chi connectivity index (χ1n) is 6.74. The predicted octanol–water partition coefficient (Wildman–Crippen LogP) is 3.88. The summed E-state index contributed by atoms with van der Waals surface area (Å²) in [5.41, 5.74) is 9.80. The number of rotatable bonds is 3. The van der Waals surface area contributed by atoms with E-state index in [0.29, 0.717) is 5.92 Å². The van der Waals surface area contributed by atoms with E-state index >= 15 is 0 Å².